The Morgan fingerprint density at radius 2 is 1.80 bits per heavy atom. The van der Waals surface area contributed by atoms with E-state index in [9.17, 15) is 13.2 Å². The molecule has 142 valence electrons. The summed E-state index contributed by atoms with van der Waals surface area (Å²) < 4.78 is 31.8. The van der Waals surface area contributed by atoms with Gasteiger partial charge in [-0.15, -0.1) is 12.4 Å². The van der Waals surface area contributed by atoms with E-state index in [1.807, 2.05) is 12.1 Å². The molecule has 0 aliphatic carbocycles. The summed E-state index contributed by atoms with van der Waals surface area (Å²) in [6.07, 6.45) is 0. The smallest absolute Gasteiger partial charge is 0.239 e. The average molecular weight is 392 g/mol. The average Bonchev–Trinajstić information content (AvgIpc) is 2.53. The number of rotatable bonds is 6. The fraction of sp³-hybridized carbons (Fsp3) is 0.562. The van der Waals surface area contributed by atoms with E-state index >= 15 is 0 Å². The lowest BCUT2D eigenvalue weighted by molar-refractivity contribution is -0.125. The van der Waals surface area contributed by atoms with Gasteiger partial charge in [-0.05, 0) is 25.0 Å². The van der Waals surface area contributed by atoms with Crippen LogP contribution in [-0.4, -0.2) is 50.5 Å². The van der Waals surface area contributed by atoms with E-state index in [1.165, 1.54) is 4.31 Å². The zero-order valence-corrected chi connectivity index (χ0v) is 16.2. The SMILES string of the molecule is CC(C)(N)C(=O)NCc1ccccc1CS(=O)(=O)N1CCOCC1.Cl. The van der Waals surface area contributed by atoms with Gasteiger partial charge in [0.1, 0.15) is 0 Å². The first-order valence-electron chi connectivity index (χ1n) is 7.90. The maximum Gasteiger partial charge on any atom is 0.239 e. The van der Waals surface area contributed by atoms with Crippen LogP contribution in [0.2, 0.25) is 0 Å². The molecule has 1 aliphatic rings. The minimum atomic E-state index is -3.41. The highest BCUT2D eigenvalue weighted by Gasteiger charge is 2.26. The van der Waals surface area contributed by atoms with Crippen molar-refractivity contribution in [3.05, 3.63) is 35.4 Å². The van der Waals surface area contributed by atoms with E-state index in [-0.39, 0.29) is 30.6 Å². The molecule has 0 radical (unpaired) electrons. The first-order valence-corrected chi connectivity index (χ1v) is 9.50. The highest BCUT2D eigenvalue weighted by atomic mass is 35.5. The number of sulfonamides is 1. The van der Waals surface area contributed by atoms with E-state index < -0.39 is 15.6 Å². The molecule has 0 spiro atoms. The lowest BCUT2D eigenvalue weighted by atomic mass is 10.1. The van der Waals surface area contributed by atoms with Gasteiger partial charge in [-0.1, -0.05) is 24.3 Å². The zero-order valence-electron chi connectivity index (χ0n) is 14.5. The van der Waals surface area contributed by atoms with Gasteiger partial charge < -0.3 is 15.8 Å². The lowest BCUT2D eigenvalue weighted by Gasteiger charge is -2.26. The second kappa shape index (κ2) is 8.95. The molecule has 0 saturated carbocycles. The van der Waals surface area contributed by atoms with Gasteiger partial charge >= 0.3 is 0 Å². The minimum absolute atomic E-state index is 0. The first kappa shape index (κ1) is 21.9. The molecule has 1 aromatic carbocycles. The largest absolute Gasteiger partial charge is 0.379 e. The normalized spacial score (nSPS) is 16.1. The van der Waals surface area contributed by atoms with Crippen molar-refractivity contribution in [2.45, 2.75) is 31.7 Å². The third kappa shape index (κ3) is 6.23. The van der Waals surface area contributed by atoms with Gasteiger partial charge in [-0.2, -0.15) is 4.31 Å². The van der Waals surface area contributed by atoms with Crippen molar-refractivity contribution in [1.29, 1.82) is 0 Å². The molecule has 1 aromatic rings. The van der Waals surface area contributed by atoms with Crippen molar-refractivity contribution in [3.8, 4) is 0 Å². The number of morpholine rings is 1. The number of carbonyl (C=O) groups is 1. The lowest BCUT2D eigenvalue weighted by Crippen LogP contribution is -2.48. The molecule has 1 fully saturated rings. The number of nitrogens with one attached hydrogen (secondary N) is 1. The molecule has 2 rings (SSSR count). The van der Waals surface area contributed by atoms with Crippen LogP contribution < -0.4 is 11.1 Å². The molecular formula is C16H26ClN3O4S. The van der Waals surface area contributed by atoms with Gasteiger partial charge in [-0.25, -0.2) is 8.42 Å². The molecule has 1 amide bonds. The molecule has 25 heavy (non-hydrogen) atoms. The van der Waals surface area contributed by atoms with Crippen molar-refractivity contribution in [2.75, 3.05) is 26.3 Å². The second-order valence-corrected chi connectivity index (χ2v) is 8.41. The van der Waals surface area contributed by atoms with Gasteiger partial charge in [-0.3, -0.25) is 4.79 Å². The fourth-order valence-corrected chi connectivity index (χ4v) is 3.95. The first-order chi connectivity index (χ1) is 11.2. The Kier molecular flexibility index (Phi) is 7.83. The Hall–Kier alpha value is -1.19. The third-order valence-corrected chi connectivity index (χ3v) is 5.67. The topological polar surface area (TPSA) is 102 Å². The van der Waals surface area contributed by atoms with Gasteiger partial charge in [0.05, 0.1) is 24.5 Å². The summed E-state index contributed by atoms with van der Waals surface area (Å²) in [7, 11) is -3.41. The second-order valence-electron chi connectivity index (χ2n) is 6.44. The summed E-state index contributed by atoms with van der Waals surface area (Å²) in [5.41, 5.74) is 6.23. The molecule has 1 heterocycles. The molecule has 1 aliphatic heterocycles. The number of amides is 1. The van der Waals surface area contributed by atoms with E-state index in [4.69, 9.17) is 10.5 Å². The summed E-state index contributed by atoms with van der Waals surface area (Å²) in [6, 6.07) is 7.20. The molecular weight excluding hydrogens is 366 g/mol. The van der Waals surface area contributed by atoms with Crippen LogP contribution in [0.1, 0.15) is 25.0 Å². The van der Waals surface area contributed by atoms with Gasteiger partial charge in [0, 0.05) is 19.6 Å². The Bertz CT molecular complexity index is 683. The number of nitrogens with two attached hydrogens (primary N) is 1. The number of hydrogen-bond acceptors (Lipinski definition) is 5. The van der Waals surface area contributed by atoms with Crippen LogP contribution in [0.25, 0.3) is 0 Å². The quantitative estimate of drug-likeness (QED) is 0.740. The summed E-state index contributed by atoms with van der Waals surface area (Å²) >= 11 is 0. The van der Waals surface area contributed by atoms with E-state index in [0.717, 1.165) is 5.56 Å². The molecule has 0 bridgehead atoms. The predicted molar refractivity (Wildman–Crippen MR) is 98.8 cm³/mol. The molecule has 7 nitrogen and oxygen atoms in total. The third-order valence-electron chi connectivity index (χ3n) is 3.84. The summed E-state index contributed by atoms with van der Waals surface area (Å²) in [4.78, 5) is 11.9. The number of halogens is 1. The summed E-state index contributed by atoms with van der Waals surface area (Å²) in [5, 5.41) is 2.75. The Labute approximate surface area is 155 Å². The van der Waals surface area contributed by atoms with Crippen molar-refractivity contribution < 1.29 is 17.9 Å². The van der Waals surface area contributed by atoms with Gasteiger partial charge in [0.25, 0.3) is 0 Å². The van der Waals surface area contributed by atoms with Crippen LogP contribution in [0.15, 0.2) is 24.3 Å². The van der Waals surface area contributed by atoms with E-state index in [2.05, 4.69) is 5.32 Å². The maximum atomic E-state index is 12.6. The van der Waals surface area contributed by atoms with Crippen LogP contribution in [-0.2, 0) is 31.9 Å². The van der Waals surface area contributed by atoms with Crippen molar-refractivity contribution in [2.24, 2.45) is 5.73 Å². The highest BCUT2D eigenvalue weighted by Crippen LogP contribution is 2.16. The van der Waals surface area contributed by atoms with Crippen molar-refractivity contribution in [3.63, 3.8) is 0 Å². The van der Waals surface area contributed by atoms with Crippen molar-refractivity contribution >= 4 is 28.3 Å². The molecule has 0 unspecified atom stereocenters. The molecule has 0 aromatic heterocycles. The Morgan fingerprint density at radius 3 is 2.36 bits per heavy atom. The van der Waals surface area contributed by atoms with Crippen LogP contribution in [0.3, 0.4) is 0 Å². The number of benzene rings is 1. The molecule has 9 heteroatoms. The summed E-state index contributed by atoms with van der Waals surface area (Å²) in [6.45, 7) is 5.08. The highest BCUT2D eigenvalue weighted by molar-refractivity contribution is 7.88. The van der Waals surface area contributed by atoms with E-state index in [1.54, 1.807) is 26.0 Å². The predicted octanol–water partition coefficient (Wildman–Crippen LogP) is 0.624. The number of ether oxygens (including phenoxy) is 1. The molecule has 0 atom stereocenters. The maximum absolute atomic E-state index is 12.6. The Balaban J connectivity index is 0.00000312. The summed E-state index contributed by atoms with van der Waals surface area (Å²) in [5.74, 6) is -0.376. The van der Waals surface area contributed by atoms with Gasteiger partial charge in [0.15, 0.2) is 0 Å². The monoisotopic (exact) mass is 391 g/mol. The molecule has 3 N–H and O–H groups in total. The number of nitrogens with zero attached hydrogens (tertiary/aromatic N) is 1. The van der Waals surface area contributed by atoms with Crippen LogP contribution in [0.4, 0.5) is 0 Å². The fourth-order valence-electron chi connectivity index (χ4n) is 2.39. The standard InChI is InChI=1S/C16H25N3O4S.ClH/c1-16(2,17)15(20)18-11-13-5-3-4-6-14(13)12-24(21,22)19-7-9-23-10-8-19;/h3-6H,7-12,17H2,1-2H3,(H,18,20);1H. The Morgan fingerprint density at radius 1 is 1.24 bits per heavy atom. The van der Waals surface area contributed by atoms with E-state index in [0.29, 0.717) is 31.9 Å². The van der Waals surface area contributed by atoms with Crippen LogP contribution in [0, 0.1) is 0 Å². The minimum Gasteiger partial charge on any atom is -0.379 e. The van der Waals surface area contributed by atoms with Crippen LogP contribution in [0.5, 0.6) is 0 Å². The molecule has 1 saturated heterocycles. The number of hydrogen-bond donors (Lipinski definition) is 2. The van der Waals surface area contributed by atoms with Crippen LogP contribution >= 0.6 is 12.4 Å². The zero-order chi connectivity index (χ0) is 17.8. The number of carbonyl (C=O) groups excluding carboxylic acids is 1. The van der Waals surface area contributed by atoms with Gasteiger partial charge in [0.2, 0.25) is 15.9 Å². The van der Waals surface area contributed by atoms with Crippen molar-refractivity contribution in [1.82, 2.24) is 9.62 Å².